The van der Waals surface area contributed by atoms with Gasteiger partial charge >= 0.3 is 5.97 Å². The quantitative estimate of drug-likeness (QED) is 0.706. The van der Waals surface area contributed by atoms with Gasteiger partial charge < -0.3 is 10.5 Å². The van der Waals surface area contributed by atoms with Crippen LogP contribution in [0.25, 0.3) is 0 Å². The van der Waals surface area contributed by atoms with Crippen molar-refractivity contribution in [3.05, 3.63) is 0 Å². The zero-order chi connectivity index (χ0) is 10.8. The Bertz CT molecular complexity index is 204. The lowest BCUT2D eigenvalue weighted by molar-refractivity contribution is -0.157. The van der Waals surface area contributed by atoms with Crippen molar-refractivity contribution in [3.8, 4) is 0 Å². The molecule has 3 nitrogen and oxygen atoms in total. The summed E-state index contributed by atoms with van der Waals surface area (Å²) in [5.74, 6) is 0.391. The van der Waals surface area contributed by atoms with Crippen LogP contribution in [0.1, 0.15) is 46.5 Å². The number of carbonyl (C=O) groups excluding carboxylic acids is 1. The van der Waals surface area contributed by atoms with E-state index in [0.29, 0.717) is 5.92 Å². The highest BCUT2D eigenvalue weighted by molar-refractivity contribution is 5.75. The summed E-state index contributed by atoms with van der Waals surface area (Å²) in [6.45, 7) is 5.59. The van der Waals surface area contributed by atoms with E-state index in [-0.39, 0.29) is 5.97 Å². The summed E-state index contributed by atoms with van der Waals surface area (Å²) in [6, 6.07) is -0.431. The van der Waals surface area contributed by atoms with Crippen molar-refractivity contribution < 1.29 is 9.53 Å². The molecular weight excluding hydrogens is 178 g/mol. The predicted octanol–water partition coefficient (Wildman–Crippen LogP) is 1.85. The van der Waals surface area contributed by atoms with Gasteiger partial charge in [-0.15, -0.1) is 0 Å². The molecule has 0 aromatic carbocycles. The van der Waals surface area contributed by atoms with Gasteiger partial charge in [-0.05, 0) is 33.1 Å². The molecule has 82 valence electrons. The summed E-state index contributed by atoms with van der Waals surface area (Å²) in [4.78, 5) is 11.5. The monoisotopic (exact) mass is 199 g/mol. The Kier molecular flexibility index (Phi) is 3.53. The van der Waals surface area contributed by atoms with Gasteiger partial charge in [-0.3, -0.25) is 4.79 Å². The van der Waals surface area contributed by atoms with Crippen LogP contribution in [0.4, 0.5) is 0 Å². The molecule has 0 radical (unpaired) electrons. The lowest BCUT2D eigenvalue weighted by Gasteiger charge is -2.28. The van der Waals surface area contributed by atoms with Crippen molar-refractivity contribution in [2.24, 2.45) is 11.7 Å². The van der Waals surface area contributed by atoms with Gasteiger partial charge in [-0.1, -0.05) is 19.3 Å². The lowest BCUT2D eigenvalue weighted by atomic mass is 9.81. The Morgan fingerprint density at radius 3 is 2.43 bits per heavy atom. The van der Waals surface area contributed by atoms with Gasteiger partial charge in [0.25, 0.3) is 0 Å². The van der Waals surface area contributed by atoms with Gasteiger partial charge in [0.05, 0.1) is 0 Å². The van der Waals surface area contributed by atoms with Gasteiger partial charge in [0.1, 0.15) is 11.6 Å². The van der Waals surface area contributed by atoms with E-state index in [1.807, 2.05) is 20.8 Å². The van der Waals surface area contributed by atoms with E-state index in [2.05, 4.69) is 0 Å². The van der Waals surface area contributed by atoms with E-state index < -0.39 is 11.6 Å². The van der Waals surface area contributed by atoms with Gasteiger partial charge in [0.2, 0.25) is 0 Å². The third-order valence-electron chi connectivity index (χ3n) is 2.52. The van der Waals surface area contributed by atoms with E-state index in [0.717, 1.165) is 6.42 Å². The van der Waals surface area contributed by atoms with Crippen LogP contribution in [-0.4, -0.2) is 17.6 Å². The molecule has 0 aliphatic heterocycles. The molecule has 0 amide bonds. The summed E-state index contributed by atoms with van der Waals surface area (Å²) < 4.78 is 5.21. The number of ether oxygens (including phenoxy) is 1. The van der Waals surface area contributed by atoms with Gasteiger partial charge in [-0.2, -0.15) is 0 Å². The summed E-state index contributed by atoms with van der Waals surface area (Å²) in [6.07, 6.45) is 4.51. The van der Waals surface area contributed by atoms with Crippen LogP contribution in [-0.2, 0) is 9.53 Å². The van der Waals surface area contributed by atoms with Crippen LogP contribution in [0, 0.1) is 5.92 Å². The minimum atomic E-state index is -0.431. The number of esters is 1. The van der Waals surface area contributed by atoms with Crippen molar-refractivity contribution >= 4 is 5.97 Å². The first-order valence-corrected chi connectivity index (χ1v) is 5.37. The molecule has 1 aliphatic carbocycles. The first kappa shape index (κ1) is 11.5. The van der Waals surface area contributed by atoms with Gasteiger partial charge in [-0.25, -0.2) is 0 Å². The molecule has 0 bridgehead atoms. The fourth-order valence-electron chi connectivity index (χ4n) is 1.56. The third kappa shape index (κ3) is 3.66. The molecule has 1 fully saturated rings. The highest BCUT2D eigenvalue weighted by Gasteiger charge is 2.27. The van der Waals surface area contributed by atoms with E-state index in [1.54, 1.807) is 0 Å². The minimum Gasteiger partial charge on any atom is -0.459 e. The van der Waals surface area contributed by atoms with Crippen LogP contribution < -0.4 is 5.73 Å². The summed E-state index contributed by atoms with van der Waals surface area (Å²) in [7, 11) is 0. The number of nitrogens with two attached hydrogens (primary N) is 1. The Hall–Kier alpha value is -0.570. The average Bonchev–Trinajstić information content (AvgIpc) is 1.92. The molecule has 0 aromatic rings. The number of rotatable bonds is 3. The second kappa shape index (κ2) is 4.30. The first-order valence-electron chi connectivity index (χ1n) is 5.37. The Morgan fingerprint density at radius 1 is 1.50 bits per heavy atom. The smallest absolute Gasteiger partial charge is 0.323 e. The van der Waals surface area contributed by atoms with Crippen molar-refractivity contribution in [3.63, 3.8) is 0 Å². The van der Waals surface area contributed by atoms with E-state index in [4.69, 9.17) is 10.5 Å². The summed E-state index contributed by atoms with van der Waals surface area (Å²) >= 11 is 0. The molecule has 2 N–H and O–H groups in total. The van der Waals surface area contributed by atoms with Crippen LogP contribution in [0.3, 0.4) is 0 Å². The van der Waals surface area contributed by atoms with Crippen molar-refractivity contribution in [1.82, 2.24) is 0 Å². The lowest BCUT2D eigenvalue weighted by Crippen LogP contribution is -2.39. The van der Waals surface area contributed by atoms with Gasteiger partial charge in [0, 0.05) is 0 Å². The number of hydrogen-bond donors (Lipinski definition) is 1. The normalized spacial score (nSPS) is 20.0. The van der Waals surface area contributed by atoms with E-state index >= 15 is 0 Å². The first-order chi connectivity index (χ1) is 6.38. The Morgan fingerprint density at radius 2 is 2.07 bits per heavy atom. The predicted molar refractivity (Wildman–Crippen MR) is 55.8 cm³/mol. The number of carbonyl (C=O) groups is 1. The largest absolute Gasteiger partial charge is 0.459 e. The highest BCUT2D eigenvalue weighted by atomic mass is 16.6. The molecule has 1 rings (SSSR count). The Labute approximate surface area is 86.0 Å². The maximum Gasteiger partial charge on any atom is 0.323 e. The second-order valence-corrected chi connectivity index (χ2v) is 5.17. The Balaban J connectivity index is 2.28. The second-order valence-electron chi connectivity index (χ2n) is 5.17. The fraction of sp³-hybridized carbons (Fsp3) is 0.909. The molecule has 3 heteroatoms. The standard InChI is InChI=1S/C11H21NO2/c1-11(2,3)14-10(13)9(12)7-8-5-4-6-8/h8-9H,4-7,12H2,1-3H3/t9-/m1/s1. The average molecular weight is 199 g/mol. The molecule has 0 spiro atoms. The molecular formula is C11H21NO2. The highest BCUT2D eigenvalue weighted by Crippen LogP contribution is 2.30. The van der Waals surface area contributed by atoms with Crippen LogP contribution in [0.5, 0.6) is 0 Å². The number of hydrogen-bond acceptors (Lipinski definition) is 3. The van der Waals surface area contributed by atoms with Crippen molar-refractivity contribution in [1.29, 1.82) is 0 Å². The molecule has 0 aromatic heterocycles. The SMILES string of the molecule is CC(C)(C)OC(=O)[C@H](N)CC1CCC1. The van der Waals surface area contributed by atoms with Crippen LogP contribution in [0.15, 0.2) is 0 Å². The van der Waals surface area contributed by atoms with Crippen LogP contribution >= 0.6 is 0 Å². The fourth-order valence-corrected chi connectivity index (χ4v) is 1.56. The molecule has 0 heterocycles. The minimum absolute atomic E-state index is 0.260. The molecule has 1 aliphatic rings. The zero-order valence-corrected chi connectivity index (χ0v) is 9.38. The summed E-state index contributed by atoms with van der Waals surface area (Å²) in [5.41, 5.74) is 5.34. The van der Waals surface area contributed by atoms with Gasteiger partial charge in [0.15, 0.2) is 0 Å². The van der Waals surface area contributed by atoms with E-state index in [9.17, 15) is 4.79 Å². The van der Waals surface area contributed by atoms with Crippen LogP contribution in [0.2, 0.25) is 0 Å². The third-order valence-corrected chi connectivity index (χ3v) is 2.52. The summed E-state index contributed by atoms with van der Waals surface area (Å²) in [5, 5.41) is 0. The maximum absolute atomic E-state index is 11.5. The molecule has 14 heavy (non-hydrogen) atoms. The van der Waals surface area contributed by atoms with E-state index in [1.165, 1.54) is 19.3 Å². The van der Waals surface area contributed by atoms with Crippen molar-refractivity contribution in [2.75, 3.05) is 0 Å². The van der Waals surface area contributed by atoms with Crippen molar-refractivity contribution in [2.45, 2.75) is 58.1 Å². The molecule has 1 atom stereocenters. The topological polar surface area (TPSA) is 52.3 Å². The molecule has 1 saturated carbocycles. The zero-order valence-electron chi connectivity index (χ0n) is 9.38. The molecule has 0 saturated heterocycles. The maximum atomic E-state index is 11.5. The molecule has 0 unspecified atom stereocenters.